The van der Waals surface area contributed by atoms with E-state index in [0.29, 0.717) is 12.6 Å². The molecule has 0 amide bonds. The van der Waals surface area contributed by atoms with E-state index in [0.717, 1.165) is 18.8 Å². The van der Waals surface area contributed by atoms with Crippen molar-refractivity contribution in [2.45, 2.75) is 38.5 Å². The smallest absolute Gasteiger partial charge is 0.150 e. The van der Waals surface area contributed by atoms with Crippen LogP contribution in [0.2, 0.25) is 0 Å². The van der Waals surface area contributed by atoms with Gasteiger partial charge in [-0.2, -0.15) is 0 Å². The monoisotopic (exact) mass is 196 g/mol. The molecule has 2 rings (SSSR count). The van der Waals surface area contributed by atoms with Gasteiger partial charge in [0.05, 0.1) is 18.7 Å². The van der Waals surface area contributed by atoms with Crippen LogP contribution in [0.4, 0.5) is 0 Å². The molecule has 1 aromatic rings. The summed E-state index contributed by atoms with van der Waals surface area (Å²) in [6, 6.07) is 0.316. The van der Waals surface area contributed by atoms with Crippen molar-refractivity contribution < 1.29 is 5.11 Å². The summed E-state index contributed by atoms with van der Waals surface area (Å²) in [5.74, 6) is 0.948. The van der Waals surface area contributed by atoms with Crippen LogP contribution in [-0.4, -0.2) is 32.5 Å². The van der Waals surface area contributed by atoms with Crippen molar-refractivity contribution in [2.75, 3.05) is 6.54 Å². The number of aliphatic hydroxyl groups is 1. The second-order valence-electron chi connectivity index (χ2n) is 3.84. The minimum Gasteiger partial charge on any atom is -0.392 e. The van der Waals surface area contributed by atoms with Gasteiger partial charge in [-0.1, -0.05) is 0 Å². The second-order valence-corrected chi connectivity index (χ2v) is 3.84. The van der Waals surface area contributed by atoms with Crippen LogP contribution in [0.3, 0.4) is 0 Å². The van der Waals surface area contributed by atoms with Gasteiger partial charge in [-0.3, -0.25) is 0 Å². The Morgan fingerprint density at radius 3 is 3.29 bits per heavy atom. The van der Waals surface area contributed by atoms with Gasteiger partial charge in [0, 0.05) is 0 Å². The lowest BCUT2D eigenvalue weighted by atomic mass is 10.2. The van der Waals surface area contributed by atoms with Gasteiger partial charge >= 0.3 is 0 Å². The van der Waals surface area contributed by atoms with Gasteiger partial charge in [-0.25, -0.2) is 0 Å². The lowest BCUT2D eigenvalue weighted by Gasteiger charge is -2.12. The number of hydrogen-bond acceptors (Lipinski definition) is 4. The fraction of sp³-hybridized carbons (Fsp3) is 0.778. The van der Waals surface area contributed by atoms with Crippen molar-refractivity contribution in [3.8, 4) is 0 Å². The number of rotatable bonds is 3. The molecule has 1 aliphatic heterocycles. The van der Waals surface area contributed by atoms with Crippen LogP contribution >= 0.6 is 0 Å². The highest BCUT2D eigenvalue weighted by Crippen LogP contribution is 2.20. The van der Waals surface area contributed by atoms with Gasteiger partial charge in [0.25, 0.3) is 0 Å². The van der Waals surface area contributed by atoms with Crippen molar-refractivity contribution in [3.63, 3.8) is 0 Å². The Morgan fingerprint density at radius 1 is 1.79 bits per heavy atom. The lowest BCUT2D eigenvalue weighted by Crippen LogP contribution is -2.21. The number of aliphatic hydroxyl groups excluding tert-OH is 1. The number of aromatic nitrogens is 3. The van der Waals surface area contributed by atoms with E-state index < -0.39 is 0 Å². The molecule has 2 heterocycles. The van der Waals surface area contributed by atoms with E-state index >= 15 is 0 Å². The van der Waals surface area contributed by atoms with Crippen LogP contribution < -0.4 is 5.32 Å². The normalized spacial score (nSPS) is 24.0. The molecule has 5 heteroatoms. The highest BCUT2D eigenvalue weighted by atomic mass is 16.3. The molecule has 2 N–H and O–H groups in total. The summed E-state index contributed by atoms with van der Waals surface area (Å²) in [5, 5.41) is 20.6. The van der Waals surface area contributed by atoms with Gasteiger partial charge in [0.15, 0.2) is 0 Å². The van der Waals surface area contributed by atoms with Gasteiger partial charge in [-0.15, -0.1) is 10.2 Å². The lowest BCUT2D eigenvalue weighted by molar-refractivity contribution is 0.171. The Balaban J connectivity index is 2.12. The molecule has 14 heavy (non-hydrogen) atoms. The van der Waals surface area contributed by atoms with Gasteiger partial charge in [-0.05, 0) is 26.3 Å². The molecule has 1 aromatic heterocycles. The first kappa shape index (κ1) is 9.61. The van der Waals surface area contributed by atoms with E-state index in [2.05, 4.69) is 15.5 Å². The van der Waals surface area contributed by atoms with Crippen molar-refractivity contribution in [3.05, 3.63) is 12.2 Å². The molecule has 0 saturated carbocycles. The molecule has 0 aromatic carbocycles. The second kappa shape index (κ2) is 4.06. The molecule has 5 nitrogen and oxygen atoms in total. The molecule has 2 unspecified atom stereocenters. The molecule has 1 fully saturated rings. The van der Waals surface area contributed by atoms with E-state index in [1.54, 1.807) is 13.3 Å². The number of hydrogen-bond donors (Lipinski definition) is 2. The fourth-order valence-electron chi connectivity index (χ4n) is 1.86. The molecular weight excluding hydrogens is 180 g/mol. The summed E-state index contributed by atoms with van der Waals surface area (Å²) in [5.41, 5.74) is 0. The molecule has 78 valence electrons. The molecular formula is C9H16N4O. The zero-order valence-electron chi connectivity index (χ0n) is 8.35. The maximum Gasteiger partial charge on any atom is 0.150 e. The first-order valence-corrected chi connectivity index (χ1v) is 5.06. The van der Waals surface area contributed by atoms with Crippen LogP contribution in [0.15, 0.2) is 6.33 Å². The van der Waals surface area contributed by atoms with Crippen LogP contribution in [0.1, 0.15) is 31.6 Å². The Morgan fingerprint density at radius 2 is 2.64 bits per heavy atom. The van der Waals surface area contributed by atoms with Gasteiger partial charge in [0.2, 0.25) is 0 Å². The number of nitrogens with zero attached hydrogens (tertiary/aromatic N) is 3. The van der Waals surface area contributed by atoms with Crippen LogP contribution in [0.5, 0.6) is 0 Å². The third-order valence-corrected chi connectivity index (χ3v) is 2.48. The SMILES string of the molecule is CC(O)Cn1cnnc1C1CCCN1. The maximum absolute atomic E-state index is 9.29. The third-order valence-electron chi connectivity index (χ3n) is 2.48. The standard InChI is InChI=1S/C9H16N4O/c1-7(14)5-13-6-11-12-9(13)8-3-2-4-10-8/h6-8,10,14H,2-5H2,1H3. The van der Waals surface area contributed by atoms with E-state index in [1.165, 1.54) is 6.42 Å². The van der Waals surface area contributed by atoms with E-state index in [-0.39, 0.29) is 6.10 Å². The highest BCUT2D eigenvalue weighted by Gasteiger charge is 2.21. The molecule has 0 spiro atoms. The van der Waals surface area contributed by atoms with Crippen LogP contribution in [0.25, 0.3) is 0 Å². The van der Waals surface area contributed by atoms with Crippen molar-refractivity contribution >= 4 is 0 Å². The Kier molecular flexibility index (Phi) is 2.79. The van der Waals surface area contributed by atoms with Gasteiger partial charge < -0.3 is 15.0 Å². The Hall–Kier alpha value is -0.940. The Labute approximate surface area is 83.2 Å². The number of nitrogens with one attached hydrogen (secondary N) is 1. The first-order chi connectivity index (χ1) is 6.77. The minimum absolute atomic E-state index is 0.316. The average Bonchev–Trinajstić information content (AvgIpc) is 2.70. The van der Waals surface area contributed by atoms with Gasteiger partial charge in [0.1, 0.15) is 12.2 Å². The summed E-state index contributed by atoms with van der Waals surface area (Å²) < 4.78 is 1.92. The van der Waals surface area contributed by atoms with E-state index in [4.69, 9.17) is 0 Å². The molecule has 0 aliphatic carbocycles. The highest BCUT2D eigenvalue weighted by molar-refractivity contribution is 4.97. The molecule has 0 radical (unpaired) electrons. The first-order valence-electron chi connectivity index (χ1n) is 5.06. The van der Waals surface area contributed by atoms with E-state index in [9.17, 15) is 5.11 Å². The summed E-state index contributed by atoms with van der Waals surface area (Å²) in [6.07, 6.45) is 3.62. The summed E-state index contributed by atoms with van der Waals surface area (Å²) >= 11 is 0. The van der Waals surface area contributed by atoms with Crippen LogP contribution in [0, 0.1) is 0 Å². The van der Waals surface area contributed by atoms with Crippen molar-refractivity contribution in [1.82, 2.24) is 20.1 Å². The largest absolute Gasteiger partial charge is 0.392 e. The zero-order valence-corrected chi connectivity index (χ0v) is 8.35. The predicted octanol–water partition coefficient (Wildman–Crippen LogP) is 0.0834. The third kappa shape index (κ3) is 1.93. The predicted molar refractivity (Wildman–Crippen MR) is 51.7 cm³/mol. The summed E-state index contributed by atoms with van der Waals surface area (Å²) in [6.45, 7) is 3.39. The maximum atomic E-state index is 9.29. The fourth-order valence-corrected chi connectivity index (χ4v) is 1.86. The summed E-state index contributed by atoms with van der Waals surface area (Å²) in [4.78, 5) is 0. The van der Waals surface area contributed by atoms with Crippen molar-refractivity contribution in [2.24, 2.45) is 0 Å². The minimum atomic E-state index is -0.355. The zero-order chi connectivity index (χ0) is 9.97. The topological polar surface area (TPSA) is 63.0 Å². The van der Waals surface area contributed by atoms with Crippen molar-refractivity contribution in [1.29, 1.82) is 0 Å². The Bertz CT molecular complexity index is 291. The average molecular weight is 196 g/mol. The quantitative estimate of drug-likeness (QED) is 0.719. The molecule has 2 atom stereocenters. The molecule has 0 bridgehead atoms. The molecule has 1 saturated heterocycles. The van der Waals surface area contributed by atoms with Crippen LogP contribution in [-0.2, 0) is 6.54 Å². The molecule has 1 aliphatic rings. The summed E-state index contributed by atoms with van der Waals surface area (Å²) in [7, 11) is 0. The van der Waals surface area contributed by atoms with E-state index in [1.807, 2.05) is 4.57 Å².